The number of halogens is 1. The summed E-state index contributed by atoms with van der Waals surface area (Å²) in [5.41, 5.74) is 1.38. The zero-order valence-corrected chi connectivity index (χ0v) is 21.6. The molecule has 2 aliphatic rings. The van der Waals surface area contributed by atoms with Gasteiger partial charge in [0, 0.05) is 6.26 Å². The van der Waals surface area contributed by atoms with Crippen molar-refractivity contribution in [2.45, 2.75) is 13.8 Å². The van der Waals surface area contributed by atoms with E-state index in [-0.39, 0.29) is 39.0 Å². The molecule has 1 N–H and O–H groups in total. The largest absolute Gasteiger partial charge is 0.490 e. The number of fused-ring (bicyclic) bond motifs is 1. The van der Waals surface area contributed by atoms with Crippen LogP contribution >= 0.6 is 23.5 Å². The van der Waals surface area contributed by atoms with Crippen molar-refractivity contribution in [1.82, 2.24) is 4.90 Å². The van der Waals surface area contributed by atoms with Crippen LogP contribution in [0.2, 0.25) is 5.02 Å². The number of rotatable bonds is 5. The van der Waals surface area contributed by atoms with E-state index in [2.05, 4.69) is 9.39 Å². The van der Waals surface area contributed by atoms with Crippen molar-refractivity contribution in [2.75, 3.05) is 12.9 Å². The Kier molecular flexibility index (Phi) is 7.03. The van der Waals surface area contributed by atoms with Crippen LogP contribution in [-0.4, -0.2) is 54.2 Å². The number of ether oxygens (including phenoxy) is 2. The molecule has 2 aromatic carbocycles. The second-order valence-corrected chi connectivity index (χ2v) is 10.7. The van der Waals surface area contributed by atoms with Gasteiger partial charge in [-0.25, -0.2) is 18.1 Å². The van der Waals surface area contributed by atoms with E-state index in [0.717, 1.165) is 16.7 Å². The van der Waals surface area contributed by atoms with Gasteiger partial charge in [0.1, 0.15) is 5.84 Å². The molecule has 0 saturated heterocycles. The van der Waals surface area contributed by atoms with Gasteiger partial charge in [-0.3, -0.25) is 10.2 Å². The van der Waals surface area contributed by atoms with Gasteiger partial charge in [0.25, 0.3) is 5.91 Å². The lowest BCUT2D eigenvalue weighted by molar-refractivity contribution is -0.114. The molecule has 0 bridgehead atoms. The minimum absolute atomic E-state index is 0.0000315. The summed E-state index contributed by atoms with van der Waals surface area (Å²) in [6.07, 6.45) is 2.28. The molecular weight excluding hydrogens is 528 g/mol. The minimum Gasteiger partial charge on any atom is -0.490 e. The summed E-state index contributed by atoms with van der Waals surface area (Å²) in [5, 5.41) is 8.09. The van der Waals surface area contributed by atoms with Crippen LogP contribution < -0.4 is 9.47 Å². The van der Waals surface area contributed by atoms with E-state index in [1.54, 1.807) is 25.1 Å². The molecule has 0 aromatic heterocycles. The number of nitrogens with zero attached hydrogens (tertiary/aromatic N) is 3. The second-order valence-electron chi connectivity index (χ2n) is 7.70. The van der Waals surface area contributed by atoms with E-state index in [9.17, 15) is 18.0 Å². The van der Waals surface area contributed by atoms with E-state index >= 15 is 0 Å². The summed E-state index contributed by atoms with van der Waals surface area (Å²) in [4.78, 5) is 30.2. The van der Waals surface area contributed by atoms with Gasteiger partial charge in [-0.2, -0.15) is 9.39 Å². The number of nitrogens with one attached hydrogen (secondary N) is 1. The number of hydrogen-bond acceptors (Lipinski definition) is 9. The first-order chi connectivity index (χ1) is 17.0. The minimum atomic E-state index is -3.78. The maximum absolute atomic E-state index is 12.7. The van der Waals surface area contributed by atoms with Gasteiger partial charge >= 0.3 is 5.97 Å². The van der Waals surface area contributed by atoms with E-state index < -0.39 is 27.5 Å². The molecule has 36 heavy (non-hydrogen) atoms. The number of benzene rings is 2. The van der Waals surface area contributed by atoms with Crippen LogP contribution in [0.1, 0.15) is 28.4 Å². The van der Waals surface area contributed by atoms with Crippen molar-refractivity contribution in [3.63, 3.8) is 0 Å². The topological polar surface area (TPSA) is 139 Å². The van der Waals surface area contributed by atoms with Crippen LogP contribution in [0.15, 0.2) is 51.4 Å². The van der Waals surface area contributed by atoms with Gasteiger partial charge in [0.15, 0.2) is 11.5 Å². The van der Waals surface area contributed by atoms with Gasteiger partial charge < -0.3 is 9.47 Å². The van der Waals surface area contributed by atoms with Crippen molar-refractivity contribution in [1.29, 1.82) is 5.41 Å². The molecular formula is C23H19ClN4O6S2. The summed E-state index contributed by atoms with van der Waals surface area (Å²) < 4.78 is 39.1. The quantitative estimate of drug-likeness (QED) is 0.258. The Balaban J connectivity index is 1.70. The highest BCUT2D eigenvalue weighted by Gasteiger charge is 2.41. The Hall–Kier alpha value is -3.48. The molecule has 0 radical (unpaired) electrons. The Morgan fingerprint density at radius 3 is 2.69 bits per heavy atom. The molecule has 0 spiro atoms. The van der Waals surface area contributed by atoms with E-state index in [0.29, 0.717) is 23.1 Å². The third kappa shape index (κ3) is 5.06. The molecule has 4 rings (SSSR count). The molecule has 2 aliphatic heterocycles. The van der Waals surface area contributed by atoms with Crippen molar-refractivity contribution in [2.24, 2.45) is 9.39 Å². The molecule has 2 heterocycles. The predicted octanol–water partition coefficient (Wildman–Crippen LogP) is 3.89. The number of carbonyl (C=O) groups is 2. The zero-order chi connectivity index (χ0) is 26.2. The van der Waals surface area contributed by atoms with Gasteiger partial charge in [-0.05, 0) is 49.8 Å². The van der Waals surface area contributed by atoms with Gasteiger partial charge in [0.05, 0.1) is 34.7 Å². The molecule has 0 saturated carbocycles. The van der Waals surface area contributed by atoms with Crippen LogP contribution in [0.25, 0.3) is 6.08 Å². The number of esters is 1. The number of aliphatic imine (C=N–C) groups is 1. The number of amidine groups is 3. The molecule has 0 atom stereocenters. The molecule has 2 aromatic rings. The summed E-state index contributed by atoms with van der Waals surface area (Å²) in [6.45, 7) is 3.81. The molecule has 13 heteroatoms. The molecule has 1 amide bonds. The molecule has 0 fully saturated rings. The number of carbonyl (C=O) groups excluding carboxylic acids is 2. The van der Waals surface area contributed by atoms with E-state index in [1.165, 1.54) is 18.2 Å². The standard InChI is InChI=1S/C23H19ClN4O6S2/c1-4-33-17-11-13(10-16(24)18(17)34-21(30)14-7-5-6-12(2)8-14)9-15-19(25)28-22(26-20(15)29)35-27-23(28)36(3,31)32/h5-11,25H,4H2,1-3H3. The van der Waals surface area contributed by atoms with Crippen molar-refractivity contribution in [3.05, 3.63) is 63.7 Å². The van der Waals surface area contributed by atoms with Gasteiger partial charge in [-0.15, -0.1) is 0 Å². The van der Waals surface area contributed by atoms with Crippen LogP contribution in [0.5, 0.6) is 11.5 Å². The second kappa shape index (κ2) is 9.88. The third-order valence-corrected chi connectivity index (χ3v) is 6.95. The summed E-state index contributed by atoms with van der Waals surface area (Å²) in [6, 6.07) is 9.79. The maximum atomic E-state index is 12.7. The first-order valence-electron chi connectivity index (χ1n) is 10.4. The average Bonchev–Trinajstić information content (AvgIpc) is 3.23. The zero-order valence-electron chi connectivity index (χ0n) is 19.2. The van der Waals surface area contributed by atoms with Crippen molar-refractivity contribution < 1.29 is 27.5 Å². The number of aryl methyl sites for hydroxylation is 1. The fraction of sp³-hybridized carbons (Fsp3) is 0.174. The van der Waals surface area contributed by atoms with Crippen LogP contribution in [0, 0.1) is 12.3 Å². The highest BCUT2D eigenvalue weighted by atomic mass is 35.5. The first-order valence-corrected chi connectivity index (χ1v) is 13.5. The maximum Gasteiger partial charge on any atom is 0.343 e. The van der Waals surface area contributed by atoms with Crippen LogP contribution in [0.4, 0.5) is 0 Å². The first kappa shape index (κ1) is 25.6. The fourth-order valence-electron chi connectivity index (χ4n) is 3.36. The molecule has 0 aliphatic carbocycles. The number of hydrogen-bond donors (Lipinski definition) is 1. The fourth-order valence-corrected chi connectivity index (χ4v) is 5.46. The van der Waals surface area contributed by atoms with Crippen molar-refractivity contribution in [3.8, 4) is 11.5 Å². The summed E-state index contributed by atoms with van der Waals surface area (Å²) in [5.74, 6) is -1.62. The van der Waals surface area contributed by atoms with Gasteiger partial charge in [0.2, 0.25) is 20.2 Å². The monoisotopic (exact) mass is 546 g/mol. The Bertz CT molecular complexity index is 1510. The lowest BCUT2D eigenvalue weighted by Crippen LogP contribution is -2.45. The number of sulfone groups is 1. The average molecular weight is 547 g/mol. The Morgan fingerprint density at radius 2 is 2.03 bits per heavy atom. The normalized spacial score (nSPS) is 16.6. The SMILES string of the molecule is CCOc1cc(C=C2C(=N)N3C(=NC2=O)SN=C3S(C)(=O)=O)cc(Cl)c1OC(=O)c1cccc(C)c1. The molecule has 0 unspecified atom stereocenters. The number of amides is 1. The lowest BCUT2D eigenvalue weighted by atomic mass is 10.1. The Morgan fingerprint density at radius 1 is 1.28 bits per heavy atom. The summed E-state index contributed by atoms with van der Waals surface area (Å²) >= 11 is 7.13. The predicted molar refractivity (Wildman–Crippen MR) is 139 cm³/mol. The van der Waals surface area contributed by atoms with E-state index in [1.807, 2.05) is 13.0 Å². The molecule has 10 nitrogen and oxygen atoms in total. The Labute approximate surface area is 216 Å². The van der Waals surface area contributed by atoms with Gasteiger partial charge in [-0.1, -0.05) is 29.3 Å². The van der Waals surface area contributed by atoms with Crippen LogP contribution in [0.3, 0.4) is 0 Å². The van der Waals surface area contributed by atoms with E-state index in [4.69, 9.17) is 26.5 Å². The third-order valence-electron chi connectivity index (χ3n) is 4.92. The lowest BCUT2D eigenvalue weighted by Gasteiger charge is -2.24. The summed E-state index contributed by atoms with van der Waals surface area (Å²) in [7, 11) is -3.78. The molecule has 186 valence electrons. The van der Waals surface area contributed by atoms with Crippen molar-refractivity contribution >= 4 is 67.5 Å². The highest BCUT2D eigenvalue weighted by Crippen LogP contribution is 2.38. The smallest absolute Gasteiger partial charge is 0.343 e. The van der Waals surface area contributed by atoms with Crippen LogP contribution in [-0.2, 0) is 14.6 Å². The highest BCUT2D eigenvalue weighted by molar-refractivity contribution is 8.16.